The molecule has 0 atom stereocenters. The van der Waals surface area contributed by atoms with E-state index in [1.165, 1.54) is 7.11 Å². The van der Waals surface area contributed by atoms with Crippen LogP contribution in [0.25, 0.3) is 10.4 Å². The lowest BCUT2D eigenvalue weighted by Gasteiger charge is -2.49. The van der Waals surface area contributed by atoms with Crippen LogP contribution in [0.5, 0.6) is 0 Å². The van der Waals surface area contributed by atoms with Crippen molar-refractivity contribution in [3.05, 3.63) is 10.4 Å². The number of rotatable bonds is 12. The number of hydrogen-bond donors (Lipinski definition) is 0. The molecule has 0 saturated carbocycles. The zero-order valence-electron chi connectivity index (χ0n) is 17.0. The first-order valence-corrected chi connectivity index (χ1v) is 9.00. The van der Waals surface area contributed by atoms with Gasteiger partial charge in [-0.15, -0.1) is 0 Å². The summed E-state index contributed by atoms with van der Waals surface area (Å²) in [6.07, 6.45) is -0.391. The van der Waals surface area contributed by atoms with Crippen molar-refractivity contribution < 1.29 is 33.3 Å². The topological polar surface area (TPSA) is 132 Å². The van der Waals surface area contributed by atoms with E-state index >= 15 is 0 Å². The summed E-state index contributed by atoms with van der Waals surface area (Å²) in [6, 6.07) is 0. The van der Waals surface area contributed by atoms with Crippen LogP contribution in [0.4, 0.5) is 4.79 Å². The minimum absolute atomic E-state index is 0.160. The van der Waals surface area contributed by atoms with Gasteiger partial charge in [-0.05, 0) is 26.3 Å². The number of esters is 1. The van der Waals surface area contributed by atoms with Crippen molar-refractivity contribution in [1.82, 2.24) is 4.90 Å². The van der Waals surface area contributed by atoms with E-state index in [2.05, 4.69) is 14.8 Å². The Morgan fingerprint density at radius 1 is 1.11 bits per heavy atom. The van der Waals surface area contributed by atoms with Gasteiger partial charge in [0, 0.05) is 24.5 Å². The van der Waals surface area contributed by atoms with Crippen molar-refractivity contribution in [3.8, 4) is 0 Å². The number of methoxy groups -OCH3 is 1. The summed E-state index contributed by atoms with van der Waals surface area (Å²) in [4.78, 5) is 27.6. The predicted molar refractivity (Wildman–Crippen MR) is 98.7 cm³/mol. The Morgan fingerprint density at radius 2 is 1.75 bits per heavy atom. The van der Waals surface area contributed by atoms with Gasteiger partial charge in [-0.1, -0.05) is 5.11 Å². The van der Waals surface area contributed by atoms with Gasteiger partial charge in [0.2, 0.25) is 0 Å². The highest BCUT2D eigenvalue weighted by Gasteiger charge is 2.47. The van der Waals surface area contributed by atoms with Crippen LogP contribution in [0, 0.1) is 5.41 Å². The normalized spacial score (nSPS) is 15.4. The van der Waals surface area contributed by atoms with E-state index in [9.17, 15) is 9.59 Å². The number of hydrogen-bond acceptors (Lipinski definition) is 8. The number of ether oxygens (including phenoxy) is 5. The molecule has 0 aromatic heterocycles. The lowest BCUT2D eigenvalue weighted by Crippen LogP contribution is -2.63. The second kappa shape index (κ2) is 11.7. The number of nitrogens with zero attached hydrogens (tertiary/aromatic N) is 4. The Balaban J connectivity index is 2.42. The Kier molecular flexibility index (Phi) is 10.0. The first-order chi connectivity index (χ1) is 13.2. The van der Waals surface area contributed by atoms with E-state index in [-0.39, 0.29) is 19.8 Å². The van der Waals surface area contributed by atoms with Crippen LogP contribution < -0.4 is 0 Å². The maximum atomic E-state index is 12.2. The second-order valence-corrected chi connectivity index (χ2v) is 7.52. The third-order valence-electron chi connectivity index (χ3n) is 3.74. The van der Waals surface area contributed by atoms with Gasteiger partial charge in [0.05, 0.1) is 45.6 Å². The van der Waals surface area contributed by atoms with Crippen molar-refractivity contribution in [1.29, 1.82) is 0 Å². The smallest absolute Gasteiger partial charge is 0.410 e. The highest BCUT2D eigenvalue weighted by atomic mass is 16.6. The molecule has 160 valence electrons. The van der Waals surface area contributed by atoms with Crippen LogP contribution in [0.1, 0.15) is 20.8 Å². The first kappa shape index (κ1) is 24.0. The van der Waals surface area contributed by atoms with Crippen molar-refractivity contribution in [2.45, 2.75) is 26.4 Å². The van der Waals surface area contributed by atoms with Crippen molar-refractivity contribution in [3.63, 3.8) is 0 Å². The molecular formula is C17H30N4O7. The monoisotopic (exact) mass is 402 g/mol. The highest BCUT2D eigenvalue weighted by molar-refractivity contribution is 5.70. The van der Waals surface area contributed by atoms with E-state index in [1.54, 1.807) is 4.90 Å². The summed E-state index contributed by atoms with van der Waals surface area (Å²) >= 11 is 0. The van der Waals surface area contributed by atoms with Gasteiger partial charge in [-0.25, -0.2) is 9.59 Å². The van der Waals surface area contributed by atoms with Crippen LogP contribution in [-0.4, -0.2) is 88.9 Å². The zero-order valence-corrected chi connectivity index (χ0v) is 17.0. The SMILES string of the molecule is COC(=O)COCC1(COCCOCCN=[N+]=[N-])CN(C(=O)OC(C)(C)C)C1. The molecule has 0 aromatic rings. The fourth-order valence-electron chi connectivity index (χ4n) is 2.51. The number of carbonyl (C=O) groups excluding carboxylic acids is 2. The fraction of sp³-hybridized carbons (Fsp3) is 0.882. The highest BCUT2D eigenvalue weighted by Crippen LogP contribution is 2.32. The maximum Gasteiger partial charge on any atom is 0.410 e. The van der Waals surface area contributed by atoms with E-state index in [4.69, 9.17) is 24.5 Å². The number of likely N-dealkylation sites (tertiary alicyclic amines) is 1. The summed E-state index contributed by atoms with van der Waals surface area (Å²) in [7, 11) is 1.29. The molecule has 28 heavy (non-hydrogen) atoms. The van der Waals surface area contributed by atoms with E-state index < -0.39 is 23.1 Å². The molecule has 0 N–H and O–H groups in total. The molecule has 1 aliphatic heterocycles. The van der Waals surface area contributed by atoms with Gasteiger partial charge < -0.3 is 28.6 Å². The lowest BCUT2D eigenvalue weighted by atomic mass is 9.81. The van der Waals surface area contributed by atoms with E-state index in [0.717, 1.165) is 0 Å². The minimum Gasteiger partial charge on any atom is -0.467 e. The molecule has 1 fully saturated rings. The molecule has 0 spiro atoms. The van der Waals surface area contributed by atoms with E-state index in [1.807, 2.05) is 20.8 Å². The molecule has 0 radical (unpaired) electrons. The third-order valence-corrected chi connectivity index (χ3v) is 3.74. The van der Waals surface area contributed by atoms with Gasteiger partial charge in [-0.3, -0.25) is 0 Å². The average molecular weight is 402 g/mol. The molecular weight excluding hydrogens is 372 g/mol. The molecule has 0 unspecified atom stereocenters. The molecule has 1 rings (SSSR count). The first-order valence-electron chi connectivity index (χ1n) is 9.00. The average Bonchev–Trinajstić information content (AvgIpc) is 2.58. The van der Waals surface area contributed by atoms with Gasteiger partial charge in [0.1, 0.15) is 12.2 Å². The Morgan fingerprint density at radius 3 is 2.36 bits per heavy atom. The van der Waals surface area contributed by atoms with Crippen LogP contribution in [0.3, 0.4) is 0 Å². The summed E-state index contributed by atoms with van der Waals surface area (Å²) in [5.41, 5.74) is 7.18. The maximum absolute atomic E-state index is 12.2. The van der Waals surface area contributed by atoms with Crippen LogP contribution >= 0.6 is 0 Å². The molecule has 11 nitrogen and oxygen atoms in total. The van der Waals surface area contributed by atoms with Gasteiger partial charge >= 0.3 is 12.1 Å². The molecule has 1 saturated heterocycles. The summed E-state index contributed by atoms with van der Waals surface area (Å²) in [5.74, 6) is -0.465. The molecule has 0 aromatic carbocycles. The summed E-state index contributed by atoms with van der Waals surface area (Å²) in [5, 5.41) is 3.37. The fourth-order valence-corrected chi connectivity index (χ4v) is 2.51. The molecule has 1 aliphatic rings. The quantitative estimate of drug-likeness (QED) is 0.160. The van der Waals surface area contributed by atoms with E-state index in [0.29, 0.717) is 39.5 Å². The zero-order chi connectivity index (χ0) is 21.0. The van der Waals surface area contributed by atoms with Gasteiger partial charge in [0.25, 0.3) is 0 Å². The van der Waals surface area contributed by atoms with Crippen molar-refractivity contribution >= 4 is 12.1 Å². The van der Waals surface area contributed by atoms with Crippen LogP contribution in [-0.2, 0) is 28.5 Å². The lowest BCUT2D eigenvalue weighted by molar-refractivity contribution is -0.152. The number of carbonyl (C=O) groups is 2. The standard InChI is InChI=1S/C17H30N4O7/c1-16(2,3)28-15(23)21-10-17(11-21,13-27-9-14(22)24-4)12-26-8-7-25-6-5-19-20-18/h5-13H2,1-4H3. The molecule has 11 heteroatoms. The molecule has 1 amide bonds. The Hall–Kier alpha value is -2.07. The second-order valence-electron chi connectivity index (χ2n) is 7.52. The third kappa shape index (κ3) is 9.23. The van der Waals surface area contributed by atoms with Gasteiger partial charge in [0.15, 0.2) is 0 Å². The summed E-state index contributed by atoms with van der Waals surface area (Å²) < 4.78 is 26.3. The predicted octanol–water partition coefficient (Wildman–Crippen LogP) is 1.76. The number of amides is 1. The molecule has 0 aliphatic carbocycles. The summed E-state index contributed by atoms with van der Waals surface area (Å²) in [6.45, 7) is 7.96. The Labute approximate surface area is 164 Å². The minimum atomic E-state index is -0.569. The van der Waals surface area contributed by atoms with Crippen molar-refractivity contribution in [2.24, 2.45) is 10.5 Å². The van der Waals surface area contributed by atoms with Crippen LogP contribution in [0.2, 0.25) is 0 Å². The van der Waals surface area contributed by atoms with Crippen LogP contribution in [0.15, 0.2) is 5.11 Å². The van der Waals surface area contributed by atoms with Crippen molar-refractivity contribution in [2.75, 3.05) is 66.4 Å². The Bertz CT molecular complexity index is 552. The van der Waals surface area contributed by atoms with Gasteiger partial charge in [-0.2, -0.15) is 0 Å². The molecule has 0 bridgehead atoms. The molecule has 1 heterocycles. The largest absolute Gasteiger partial charge is 0.467 e. The number of azide groups is 1.